The number of nitrogens with zero attached hydrogens (tertiary/aromatic N) is 3. The van der Waals surface area contributed by atoms with Gasteiger partial charge in [-0.25, -0.2) is 13.4 Å². The first-order valence-electron chi connectivity index (χ1n) is 20.9. The van der Waals surface area contributed by atoms with Crippen LogP contribution in [0.3, 0.4) is 0 Å². The summed E-state index contributed by atoms with van der Waals surface area (Å²) in [5.74, 6) is -1.77. The van der Waals surface area contributed by atoms with Crippen LogP contribution >= 0.6 is 0 Å². The Morgan fingerprint density at radius 2 is 1.85 bits per heavy atom. The Balaban J connectivity index is 1.12. The molecule has 2 aliphatic carbocycles. The fourth-order valence-electron chi connectivity index (χ4n) is 8.70. The Labute approximate surface area is 345 Å². The molecule has 8 rings (SSSR count). The zero-order valence-corrected chi connectivity index (χ0v) is 34.5. The molecule has 4 fully saturated rings. The van der Waals surface area contributed by atoms with E-state index in [-0.39, 0.29) is 43.7 Å². The number of hydrogen-bond donors (Lipinski definition) is 2. The maximum absolute atomic E-state index is 14.9. The summed E-state index contributed by atoms with van der Waals surface area (Å²) < 4.78 is 46.1. The van der Waals surface area contributed by atoms with Crippen LogP contribution in [0.15, 0.2) is 66.7 Å². The minimum Gasteiger partial charge on any atom is -0.497 e. The summed E-state index contributed by atoms with van der Waals surface area (Å²) in [6, 6.07) is 16.0. The zero-order chi connectivity index (χ0) is 41.3. The number of aromatic nitrogens is 1. The highest BCUT2D eigenvalue weighted by atomic mass is 32.2. The number of sulfonamides is 1. The summed E-state index contributed by atoms with van der Waals surface area (Å²) in [7, 11) is -2.31. The number of allylic oxidation sites excluding steroid dienone is 1. The Hall–Kier alpha value is -5.02. The molecule has 15 heteroatoms. The smallest absolute Gasteiger partial charge is 0.259 e. The van der Waals surface area contributed by atoms with Gasteiger partial charge in [-0.3, -0.25) is 23.9 Å². The SMILES string of the molecule is COc1ccc2c(O[C@@H]3C[C@H]4C(=O)N[C@]5(C(=O)NS(=O)(=O)C6CC6)C[C@H]5C=CCCCCC[C@H](CC(=O)N5CCOC(C)C5)C(=O)N4C3)cc(-c3ccccc3)nc2c1. The molecule has 2 N–H and O–H groups in total. The molecule has 14 nitrogen and oxygen atoms in total. The number of ether oxygens (including phenoxy) is 3. The number of morpholine rings is 1. The van der Waals surface area contributed by atoms with Crippen LogP contribution in [0.4, 0.5) is 0 Å². The van der Waals surface area contributed by atoms with Gasteiger partial charge in [0.25, 0.3) is 5.91 Å². The van der Waals surface area contributed by atoms with Gasteiger partial charge in [0.1, 0.15) is 29.2 Å². The number of nitrogens with one attached hydrogen (secondary N) is 2. The lowest BCUT2D eigenvalue weighted by atomic mass is 9.94. The highest BCUT2D eigenvalue weighted by Gasteiger charge is 2.62. The monoisotopic (exact) mass is 827 g/mol. The number of pyridine rings is 1. The van der Waals surface area contributed by atoms with E-state index in [4.69, 9.17) is 19.2 Å². The van der Waals surface area contributed by atoms with Crippen molar-refractivity contribution in [2.75, 3.05) is 33.4 Å². The summed E-state index contributed by atoms with van der Waals surface area (Å²) in [6.45, 7) is 3.28. The third-order valence-electron chi connectivity index (χ3n) is 12.3. The van der Waals surface area contributed by atoms with Crippen molar-refractivity contribution in [2.24, 2.45) is 11.8 Å². The van der Waals surface area contributed by atoms with Crippen LogP contribution in [-0.4, -0.2) is 109 Å². The van der Waals surface area contributed by atoms with Crippen LogP contribution < -0.4 is 19.5 Å². The van der Waals surface area contributed by atoms with E-state index in [0.717, 1.165) is 24.8 Å². The van der Waals surface area contributed by atoms with E-state index >= 15 is 0 Å². The number of rotatable bonds is 9. The molecule has 0 spiro atoms. The Bertz CT molecular complexity index is 2230. The molecule has 4 amide bonds. The topological polar surface area (TPSA) is 174 Å². The van der Waals surface area contributed by atoms with Crippen molar-refractivity contribution in [3.05, 3.63) is 66.7 Å². The van der Waals surface area contributed by atoms with Gasteiger partial charge < -0.3 is 29.3 Å². The summed E-state index contributed by atoms with van der Waals surface area (Å²) in [4.78, 5) is 65.3. The van der Waals surface area contributed by atoms with Crippen LogP contribution in [-0.2, 0) is 33.9 Å². The third-order valence-corrected chi connectivity index (χ3v) is 14.1. The lowest BCUT2D eigenvalue weighted by molar-refractivity contribution is -0.147. The minimum atomic E-state index is -3.89. The van der Waals surface area contributed by atoms with Crippen molar-refractivity contribution in [2.45, 2.75) is 100 Å². The van der Waals surface area contributed by atoms with Crippen LogP contribution in [0.5, 0.6) is 11.5 Å². The molecule has 1 aromatic heterocycles. The van der Waals surface area contributed by atoms with Gasteiger partial charge in [-0.2, -0.15) is 0 Å². The Kier molecular flexibility index (Phi) is 11.7. The fourth-order valence-corrected chi connectivity index (χ4v) is 10.1. The molecule has 2 saturated carbocycles. The molecule has 3 aromatic rings. The average molecular weight is 828 g/mol. The maximum Gasteiger partial charge on any atom is 0.259 e. The van der Waals surface area contributed by atoms with Crippen molar-refractivity contribution in [1.29, 1.82) is 0 Å². The molecule has 2 aromatic carbocycles. The van der Waals surface area contributed by atoms with Gasteiger partial charge in [0.15, 0.2) is 0 Å². The molecule has 5 aliphatic rings. The standard InChI is InChI=1S/C44H53N5O9S/c1-28-26-48(19-20-57-28)40(50)21-30-13-7-4-3-5-10-14-31-25-44(31,43(53)47-59(54,55)34-16-17-34)46-41(51)38-23-33(27-49(38)42(30)52)58-39-24-36(29-11-8-6-9-12-29)45-37-22-32(56-2)15-18-35(37)39/h6,8-12,14-15,18,22,24,28,30-31,33-34,38H,3-5,7,13,16-17,19-21,23,25-27H2,1-2H3,(H,46,51)(H,47,53)/t28?,30-,31-,33-,38+,44-/m1/s1. The molecule has 1 unspecified atom stereocenters. The number of carbonyl (C=O) groups is 4. The van der Waals surface area contributed by atoms with Gasteiger partial charge >= 0.3 is 0 Å². The van der Waals surface area contributed by atoms with E-state index < -0.39 is 56.6 Å². The largest absolute Gasteiger partial charge is 0.497 e. The first-order valence-corrected chi connectivity index (χ1v) is 22.4. The fraction of sp³-hybridized carbons (Fsp3) is 0.523. The van der Waals surface area contributed by atoms with Gasteiger partial charge in [-0.05, 0) is 57.6 Å². The van der Waals surface area contributed by atoms with Crippen LogP contribution in [0.1, 0.15) is 71.1 Å². The minimum absolute atomic E-state index is 0.00742. The summed E-state index contributed by atoms with van der Waals surface area (Å²) in [5.41, 5.74) is 0.691. The zero-order valence-electron chi connectivity index (χ0n) is 33.6. The number of benzene rings is 2. The number of hydrogen-bond acceptors (Lipinski definition) is 10. The molecule has 314 valence electrons. The van der Waals surface area contributed by atoms with Gasteiger partial charge in [0, 0.05) is 60.8 Å². The maximum atomic E-state index is 14.9. The van der Waals surface area contributed by atoms with Gasteiger partial charge in [-0.15, -0.1) is 0 Å². The van der Waals surface area contributed by atoms with Crippen molar-refractivity contribution < 1.29 is 41.8 Å². The second-order valence-corrected chi connectivity index (χ2v) is 18.6. The van der Waals surface area contributed by atoms with Crippen LogP contribution in [0.2, 0.25) is 0 Å². The highest BCUT2D eigenvalue weighted by molar-refractivity contribution is 7.91. The average Bonchev–Trinajstić information content (AvgIpc) is 4.16. The number of methoxy groups -OCH3 is 1. The predicted octanol–water partition coefficient (Wildman–Crippen LogP) is 4.52. The Morgan fingerprint density at radius 3 is 2.61 bits per heavy atom. The normalized spacial score (nSPS) is 27.8. The lowest BCUT2D eigenvalue weighted by Crippen LogP contribution is -2.57. The first-order chi connectivity index (χ1) is 28.4. The summed E-state index contributed by atoms with van der Waals surface area (Å²) >= 11 is 0. The summed E-state index contributed by atoms with van der Waals surface area (Å²) in [6.07, 6.45) is 7.94. The molecule has 3 aliphatic heterocycles. The number of amides is 4. The third kappa shape index (κ3) is 8.96. The van der Waals surface area contributed by atoms with Crippen LogP contribution in [0, 0.1) is 11.8 Å². The molecular formula is C44H53N5O9S. The highest BCUT2D eigenvalue weighted by Crippen LogP contribution is 2.46. The lowest BCUT2D eigenvalue weighted by Gasteiger charge is -2.33. The second-order valence-electron chi connectivity index (χ2n) is 16.7. The molecule has 0 bridgehead atoms. The summed E-state index contributed by atoms with van der Waals surface area (Å²) in [5, 5.41) is 3.05. The van der Waals surface area contributed by atoms with Crippen molar-refractivity contribution in [3.63, 3.8) is 0 Å². The van der Waals surface area contributed by atoms with E-state index in [2.05, 4.69) is 10.0 Å². The quantitative estimate of drug-likeness (QED) is 0.292. The van der Waals surface area contributed by atoms with Crippen molar-refractivity contribution in [3.8, 4) is 22.8 Å². The van der Waals surface area contributed by atoms with Gasteiger partial charge in [0.2, 0.25) is 27.7 Å². The number of carbonyl (C=O) groups excluding carboxylic acids is 4. The molecular weight excluding hydrogens is 775 g/mol. The molecule has 6 atom stereocenters. The molecule has 4 heterocycles. The van der Waals surface area contributed by atoms with Crippen molar-refractivity contribution >= 4 is 44.6 Å². The number of fused-ring (bicyclic) bond motifs is 3. The molecule has 59 heavy (non-hydrogen) atoms. The van der Waals surface area contributed by atoms with Gasteiger partial charge in [-0.1, -0.05) is 55.3 Å². The van der Waals surface area contributed by atoms with E-state index in [1.165, 1.54) is 4.90 Å². The predicted molar refractivity (Wildman–Crippen MR) is 220 cm³/mol. The van der Waals surface area contributed by atoms with E-state index in [1.807, 2.05) is 73.7 Å². The second kappa shape index (κ2) is 16.9. The van der Waals surface area contributed by atoms with Crippen LogP contribution in [0.25, 0.3) is 22.2 Å². The van der Waals surface area contributed by atoms with Crippen molar-refractivity contribution in [1.82, 2.24) is 24.8 Å². The Morgan fingerprint density at radius 1 is 1.03 bits per heavy atom. The van der Waals surface area contributed by atoms with E-state index in [9.17, 15) is 27.6 Å². The first kappa shape index (κ1) is 40.7. The molecule has 2 saturated heterocycles. The molecule has 0 radical (unpaired) electrons. The van der Waals surface area contributed by atoms with Gasteiger partial charge in [0.05, 0.1) is 42.8 Å². The van der Waals surface area contributed by atoms with E-state index in [1.54, 1.807) is 12.0 Å². The van der Waals surface area contributed by atoms with E-state index in [0.29, 0.717) is 73.5 Å².